The Morgan fingerprint density at radius 1 is 1.20 bits per heavy atom. The summed E-state index contributed by atoms with van der Waals surface area (Å²) < 4.78 is 0.841. The van der Waals surface area contributed by atoms with Crippen LogP contribution in [0.25, 0.3) is 0 Å². The number of halogens is 1. The zero-order chi connectivity index (χ0) is 14.7. The number of nitrogen functional groups attached to an aromatic ring is 1. The van der Waals surface area contributed by atoms with Gasteiger partial charge < -0.3 is 16.8 Å². The van der Waals surface area contributed by atoms with Gasteiger partial charge in [0.15, 0.2) is 0 Å². The molecule has 108 valence electrons. The first-order chi connectivity index (χ1) is 9.47. The molecule has 0 atom stereocenters. The largest absolute Gasteiger partial charge is 0.398 e. The minimum Gasteiger partial charge on any atom is -0.398 e. The van der Waals surface area contributed by atoms with E-state index in [9.17, 15) is 9.59 Å². The maximum atomic E-state index is 12.2. The fourth-order valence-corrected chi connectivity index (χ4v) is 2.90. The normalized spacial score (nSPS) is 22.2. The molecule has 0 aromatic heterocycles. The zero-order valence-corrected chi connectivity index (χ0v) is 12.7. The van der Waals surface area contributed by atoms with E-state index in [-0.39, 0.29) is 23.8 Å². The summed E-state index contributed by atoms with van der Waals surface area (Å²) in [7, 11) is 0. The molecule has 0 saturated heterocycles. The third-order valence-corrected chi connectivity index (χ3v) is 4.22. The molecular formula is C14H18BrN3O2. The summed E-state index contributed by atoms with van der Waals surface area (Å²) in [4.78, 5) is 23.3. The van der Waals surface area contributed by atoms with Crippen molar-refractivity contribution in [3.8, 4) is 0 Å². The molecule has 1 saturated carbocycles. The van der Waals surface area contributed by atoms with Crippen molar-refractivity contribution in [2.24, 2.45) is 11.7 Å². The number of carbonyl (C=O) groups excluding carboxylic acids is 2. The molecule has 0 aliphatic heterocycles. The van der Waals surface area contributed by atoms with E-state index >= 15 is 0 Å². The Bertz CT molecular complexity index is 525. The first-order valence-electron chi connectivity index (χ1n) is 6.62. The van der Waals surface area contributed by atoms with Crippen LogP contribution in [0.4, 0.5) is 5.69 Å². The summed E-state index contributed by atoms with van der Waals surface area (Å²) in [5.74, 6) is -0.467. The molecule has 2 rings (SSSR count). The standard InChI is InChI=1S/C14H18BrN3O2/c15-9-3-6-11(12(16)7-9)14(20)18-10-4-1-8(2-5-10)13(17)19/h3,6-8,10H,1-2,4-5,16H2,(H2,17,19)(H,18,20). The number of hydrogen-bond donors (Lipinski definition) is 3. The second kappa shape index (κ2) is 6.26. The molecule has 1 aliphatic carbocycles. The zero-order valence-electron chi connectivity index (χ0n) is 11.1. The Balaban J connectivity index is 1.94. The second-order valence-corrected chi connectivity index (χ2v) is 6.07. The topological polar surface area (TPSA) is 98.2 Å². The van der Waals surface area contributed by atoms with Crippen LogP contribution in [0.15, 0.2) is 22.7 Å². The van der Waals surface area contributed by atoms with Crippen LogP contribution in [-0.4, -0.2) is 17.9 Å². The van der Waals surface area contributed by atoms with Crippen molar-refractivity contribution in [2.45, 2.75) is 31.7 Å². The molecule has 1 fully saturated rings. The molecule has 0 radical (unpaired) electrons. The minimum atomic E-state index is -0.244. The van der Waals surface area contributed by atoms with Crippen molar-refractivity contribution >= 4 is 33.4 Å². The lowest BCUT2D eigenvalue weighted by Gasteiger charge is -2.27. The molecule has 0 heterocycles. The smallest absolute Gasteiger partial charge is 0.253 e. The van der Waals surface area contributed by atoms with Crippen LogP contribution in [0.5, 0.6) is 0 Å². The van der Waals surface area contributed by atoms with Crippen LogP contribution in [0.2, 0.25) is 0 Å². The van der Waals surface area contributed by atoms with Crippen molar-refractivity contribution in [3.63, 3.8) is 0 Å². The maximum absolute atomic E-state index is 12.2. The van der Waals surface area contributed by atoms with Crippen LogP contribution in [0.3, 0.4) is 0 Å². The molecule has 5 nitrogen and oxygen atoms in total. The highest BCUT2D eigenvalue weighted by Gasteiger charge is 2.26. The van der Waals surface area contributed by atoms with E-state index in [1.54, 1.807) is 18.2 Å². The van der Waals surface area contributed by atoms with E-state index in [4.69, 9.17) is 11.5 Å². The van der Waals surface area contributed by atoms with Gasteiger partial charge in [0.25, 0.3) is 5.91 Å². The average Bonchev–Trinajstić information content (AvgIpc) is 2.39. The Morgan fingerprint density at radius 3 is 2.40 bits per heavy atom. The number of rotatable bonds is 3. The maximum Gasteiger partial charge on any atom is 0.253 e. The van der Waals surface area contributed by atoms with Crippen molar-refractivity contribution in [1.29, 1.82) is 0 Å². The van der Waals surface area contributed by atoms with Gasteiger partial charge in [0, 0.05) is 22.1 Å². The van der Waals surface area contributed by atoms with Crippen LogP contribution >= 0.6 is 15.9 Å². The molecule has 1 aliphatic rings. The lowest BCUT2D eigenvalue weighted by atomic mass is 9.85. The molecule has 6 heteroatoms. The van der Waals surface area contributed by atoms with Gasteiger partial charge in [-0.3, -0.25) is 9.59 Å². The number of anilines is 1. The highest BCUT2D eigenvalue weighted by atomic mass is 79.9. The van der Waals surface area contributed by atoms with E-state index < -0.39 is 0 Å². The van der Waals surface area contributed by atoms with E-state index in [0.717, 1.165) is 30.2 Å². The first kappa shape index (κ1) is 14.8. The Morgan fingerprint density at radius 2 is 1.85 bits per heavy atom. The fraction of sp³-hybridized carbons (Fsp3) is 0.429. The van der Waals surface area contributed by atoms with Crippen molar-refractivity contribution < 1.29 is 9.59 Å². The number of nitrogens with one attached hydrogen (secondary N) is 1. The van der Waals surface area contributed by atoms with E-state index in [2.05, 4.69) is 21.2 Å². The number of amides is 2. The fourth-order valence-electron chi connectivity index (χ4n) is 2.53. The summed E-state index contributed by atoms with van der Waals surface area (Å²) in [6, 6.07) is 5.28. The SMILES string of the molecule is NC(=O)C1CCC(NC(=O)c2ccc(Br)cc2N)CC1. The molecular weight excluding hydrogens is 322 g/mol. The number of nitrogens with two attached hydrogens (primary N) is 2. The minimum absolute atomic E-state index is 0.0547. The number of primary amides is 1. The summed E-state index contributed by atoms with van der Waals surface area (Å²) in [5, 5.41) is 2.97. The van der Waals surface area contributed by atoms with Gasteiger partial charge in [-0.2, -0.15) is 0 Å². The summed E-state index contributed by atoms with van der Waals surface area (Å²) in [5.41, 5.74) is 12.1. The molecule has 5 N–H and O–H groups in total. The molecule has 20 heavy (non-hydrogen) atoms. The lowest BCUT2D eigenvalue weighted by Crippen LogP contribution is -2.40. The number of benzene rings is 1. The molecule has 1 aromatic carbocycles. The Labute approximate surface area is 126 Å². The van der Waals surface area contributed by atoms with Gasteiger partial charge in [-0.25, -0.2) is 0 Å². The molecule has 2 amide bonds. The van der Waals surface area contributed by atoms with Crippen LogP contribution in [0.1, 0.15) is 36.0 Å². The average molecular weight is 340 g/mol. The Hall–Kier alpha value is -1.56. The van der Waals surface area contributed by atoms with Gasteiger partial charge in [0.2, 0.25) is 5.91 Å². The summed E-state index contributed by atoms with van der Waals surface area (Å²) in [6.07, 6.45) is 3.01. The predicted octanol–water partition coefficient (Wildman–Crippen LogP) is 1.81. The highest BCUT2D eigenvalue weighted by Crippen LogP contribution is 2.25. The third-order valence-electron chi connectivity index (χ3n) is 3.72. The van der Waals surface area contributed by atoms with Crippen molar-refractivity contribution in [1.82, 2.24) is 5.32 Å². The van der Waals surface area contributed by atoms with Gasteiger partial charge in [0.05, 0.1) is 5.56 Å². The lowest BCUT2D eigenvalue weighted by molar-refractivity contribution is -0.122. The van der Waals surface area contributed by atoms with Crippen LogP contribution in [-0.2, 0) is 4.79 Å². The van der Waals surface area contributed by atoms with Gasteiger partial charge in [0.1, 0.15) is 0 Å². The van der Waals surface area contributed by atoms with Gasteiger partial charge in [-0.15, -0.1) is 0 Å². The summed E-state index contributed by atoms with van der Waals surface area (Å²) in [6.45, 7) is 0. The second-order valence-electron chi connectivity index (χ2n) is 5.16. The third kappa shape index (κ3) is 3.50. The number of carbonyl (C=O) groups is 2. The molecule has 1 aromatic rings. The number of hydrogen-bond acceptors (Lipinski definition) is 3. The van der Waals surface area contributed by atoms with Gasteiger partial charge in [-0.05, 0) is 43.9 Å². The van der Waals surface area contributed by atoms with E-state index in [1.165, 1.54) is 0 Å². The molecule has 0 bridgehead atoms. The van der Waals surface area contributed by atoms with Crippen molar-refractivity contribution in [3.05, 3.63) is 28.2 Å². The van der Waals surface area contributed by atoms with Crippen LogP contribution < -0.4 is 16.8 Å². The van der Waals surface area contributed by atoms with E-state index in [0.29, 0.717) is 11.3 Å². The highest BCUT2D eigenvalue weighted by molar-refractivity contribution is 9.10. The first-order valence-corrected chi connectivity index (χ1v) is 7.42. The summed E-state index contributed by atoms with van der Waals surface area (Å²) >= 11 is 3.31. The van der Waals surface area contributed by atoms with Gasteiger partial charge >= 0.3 is 0 Å². The van der Waals surface area contributed by atoms with Crippen LogP contribution in [0, 0.1) is 5.92 Å². The van der Waals surface area contributed by atoms with E-state index in [1.807, 2.05) is 0 Å². The monoisotopic (exact) mass is 339 g/mol. The molecule has 0 unspecified atom stereocenters. The quantitative estimate of drug-likeness (QED) is 0.732. The predicted molar refractivity (Wildman–Crippen MR) is 81.0 cm³/mol. The van der Waals surface area contributed by atoms with Crippen molar-refractivity contribution in [2.75, 3.05) is 5.73 Å². The van der Waals surface area contributed by atoms with Gasteiger partial charge in [-0.1, -0.05) is 15.9 Å². The Kier molecular flexibility index (Phi) is 4.65. The molecule has 0 spiro atoms.